The Bertz CT molecular complexity index is 218. The molecule has 0 amide bonds. The first kappa shape index (κ1) is 9.43. The number of ketones is 2. The molecule has 68 valence electrons. The van der Waals surface area contributed by atoms with E-state index in [0.717, 1.165) is 12.8 Å². The Morgan fingerprint density at radius 2 is 1.17 bits per heavy atom. The van der Waals surface area contributed by atoms with Gasteiger partial charge in [-0.1, -0.05) is 13.8 Å². The third-order valence-corrected chi connectivity index (χ3v) is 3.90. The third kappa shape index (κ3) is 0.869. The molecule has 1 saturated carbocycles. The van der Waals surface area contributed by atoms with Crippen molar-refractivity contribution in [1.29, 1.82) is 0 Å². The van der Waals surface area contributed by atoms with E-state index in [4.69, 9.17) is 0 Å². The van der Waals surface area contributed by atoms with Crippen LogP contribution in [0, 0.1) is 10.8 Å². The predicted molar refractivity (Wildman–Crippen MR) is 46.8 cm³/mol. The Morgan fingerprint density at radius 3 is 1.25 bits per heavy atom. The van der Waals surface area contributed by atoms with Crippen molar-refractivity contribution in [3.05, 3.63) is 0 Å². The number of hydrogen-bond donors (Lipinski definition) is 0. The Morgan fingerprint density at radius 1 is 0.917 bits per heavy atom. The van der Waals surface area contributed by atoms with E-state index in [1.807, 2.05) is 13.8 Å². The summed E-state index contributed by atoms with van der Waals surface area (Å²) in [6.45, 7) is 6.97. The summed E-state index contributed by atoms with van der Waals surface area (Å²) in [5.74, 6) is 0.290. The molecule has 0 saturated heterocycles. The molecule has 2 heteroatoms. The average Bonchev–Trinajstić information content (AvgIpc) is 1.98. The van der Waals surface area contributed by atoms with Gasteiger partial charge in [0.1, 0.15) is 11.6 Å². The van der Waals surface area contributed by atoms with Gasteiger partial charge in [-0.3, -0.25) is 9.59 Å². The average molecular weight is 168 g/mol. The van der Waals surface area contributed by atoms with Crippen LogP contribution in [-0.2, 0) is 9.59 Å². The summed E-state index contributed by atoms with van der Waals surface area (Å²) < 4.78 is 0. The van der Waals surface area contributed by atoms with Crippen LogP contribution < -0.4 is 0 Å². The first-order valence-electron chi connectivity index (χ1n) is 4.37. The van der Waals surface area contributed by atoms with Gasteiger partial charge in [-0.15, -0.1) is 0 Å². The van der Waals surface area contributed by atoms with E-state index in [0.29, 0.717) is 0 Å². The third-order valence-electron chi connectivity index (χ3n) is 3.90. The Labute approximate surface area is 73.3 Å². The van der Waals surface area contributed by atoms with Gasteiger partial charge in [0.2, 0.25) is 0 Å². The minimum Gasteiger partial charge on any atom is -0.299 e. The zero-order valence-electron chi connectivity index (χ0n) is 8.23. The molecule has 0 radical (unpaired) electrons. The van der Waals surface area contributed by atoms with Crippen molar-refractivity contribution in [2.24, 2.45) is 10.8 Å². The highest BCUT2D eigenvalue weighted by Gasteiger charge is 2.58. The fourth-order valence-corrected chi connectivity index (χ4v) is 2.00. The fourth-order valence-electron chi connectivity index (χ4n) is 2.00. The Kier molecular flexibility index (Phi) is 1.89. The normalized spacial score (nSPS) is 40.3. The summed E-state index contributed by atoms with van der Waals surface area (Å²) in [7, 11) is 0. The van der Waals surface area contributed by atoms with Gasteiger partial charge in [0.25, 0.3) is 0 Å². The molecule has 1 aliphatic carbocycles. The summed E-state index contributed by atoms with van der Waals surface area (Å²) in [6.07, 6.45) is 1.72. The second kappa shape index (κ2) is 2.41. The van der Waals surface area contributed by atoms with Crippen LogP contribution >= 0.6 is 0 Å². The maximum atomic E-state index is 11.3. The highest BCUT2D eigenvalue weighted by Crippen LogP contribution is 2.57. The van der Waals surface area contributed by atoms with Crippen molar-refractivity contribution in [3.8, 4) is 0 Å². The molecule has 0 aromatic heterocycles. The van der Waals surface area contributed by atoms with E-state index in [1.165, 1.54) is 0 Å². The predicted octanol–water partition coefficient (Wildman–Crippen LogP) is 1.97. The van der Waals surface area contributed by atoms with Crippen LogP contribution in [0.5, 0.6) is 0 Å². The van der Waals surface area contributed by atoms with Crippen molar-refractivity contribution >= 4 is 11.6 Å². The van der Waals surface area contributed by atoms with E-state index < -0.39 is 10.8 Å². The van der Waals surface area contributed by atoms with Crippen molar-refractivity contribution in [2.75, 3.05) is 0 Å². The molecule has 2 nitrogen and oxygen atoms in total. The molecular formula is C10H16O2. The van der Waals surface area contributed by atoms with Gasteiger partial charge in [0, 0.05) is 10.8 Å². The van der Waals surface area contributed by atoms with Gasteiger partial charge >= 0.3 is 0 Å². The molecule has 0 aromatic rings. The first-order valence-corrected chi connectivity index (χ1v) is 4.37. The van der Waals surface area contributed by atoms with E-state index >= 15 is 0 Å². The molecule has 0 heterocycles. The molecule has 0 aliphatic heterocycles. The summed E-state index contributed by atoms with van der Waals surface area (Å²) in [6, 6.07) is 0. The molecule has 0 aromatic carbocycles. The zero-order valence-corrected chi connectivity index (χ0v) is 8.23. The smallest absolute Gasteiger partial charge is 0.136 e. The monoisotopic (exact) mass is 168 g/mol. The summed E-state index contributed by atoms with van der Waals surface area (Å²) in [5.41, 5.74) is -0.780. The lowest BCUT2D eigenvalue weighted by Gasteiger charge is -2.53. The minimum absolute atomic E-state index is 0.145. The van der Waals surface area contributed by atoms with Crippen LogP contribution in [0.4, 0.5) is 0 Å². The van der Waals surface area contributed by atoms with E-state index in [2.05, 4.69) is 0 Å². The highest BCUT2D eigenvalue weighted by molar-refractivity contribution is 5.94. The minimum atomic E-state index is -0.390. The van der Waals surface area contributed by atoms with Crippen molar-refractivity contribution in [2.45, 2.75) is 40.5 Å². The summed E-state index contributed by atoms with van der Waals surface area (Å²) in [4.78, 5) is 22.6. The number of Topliss-reactive ketones (excluding diaryl/α,β-unsaturated/α-hetero) is 2. The van der Waals surface area contributed by atoms with E-state index in [9.17, 15) is 9.59 Å². The van der Waals surface area contributed by atoms with E-state index in [-0.39, 0.29) is 11.6 Å². The van der Waals surface area contributed by atoms with Crippen molar-refractivity contribution < 1.29 is 9.59 Å². The first-order chi connectivity index (χ1) is 5.34. The molecule has 2 atom stereocenters. The largest absolute Gasteiger partial charge is 0.299 e. The number of hydrogen-bond acceptors (Lipinski definition) is 2. The quantitative estimate of drug-likeness (QED) is 0.631. The SMILES string of the molecule is CC(=O)[C@@]1(C)CC[C@]1(C)C(C)=O. The lowest BCUT2D eigenvalue weighted by atomic mass is 9.48. The standard InChI is InChI=1S/C10H16O2/c1-7(11)9(3)5-6-10(9,4)8(2)12/h5-6H2,1-4H3/t9-,10-/m1/s1. The molecule has 0 unspecified atom stereocenters. The summed E-state index contributed by atoms with van der Waals surface area (Å²) >= 11 is 0. The molecule has 0 N–H and O–H groups in total. The van der Waals surface area contributed by atoms with Gasteiger partial charge in [-0.25, -0.2) is 0 Å². The maximum absolute atomic E-state index is 11.3. The van der Waals surface area contributed by atoms with Crippen LogP contribution in [0.15, 0.2) is 0 Å². The van der Waals surface area contributed by atoms with Crippen LogP contribution in [0.25, 0.3) is 0 Å². The van der Waals surface area contributed by atoms with Crippen LogP contribution in [0.1, 0.15) is 40.5 Å². The van der Waals surface area contributed by atoms with Crippen molar-refractivity contribution in [3.63, 3.8) is 0 Å². The molecule has 1 rings (SSSR count). The Balaban J connectivity index is 2.97. The molecule has 0 spiro atoms. The fraction of sp³-hybridized carbons (Fsp3) is 0.800. The molecule has 12 heavy (non-hydrogen) atoms. The second-order valence-corrected chi connectivity index (χ2v) is 4.28. The molecule has 0 bridgehead atoms. The van der Waals surface area contributed by atoms with Gasteiger partial charge < -0.3 is 0 Å². The number of rotatable bonds is 2. The van der Waals surface area contributed by atoms with Gasteiger partial charge in [-0.2, -0.15) is 0 Å². The van der Waals surface area contributed by atoms with Gasteiger partial charge in [0.05, 0.1) is 0 Å². The number of carbonyl (C=O) groups excluding carboxylic acids is 2. The number of carbonyl (C=O) groups is 2. The topological polar surface area (TPSA) is 34.1 Å². The molecule has 1 fully saturated rings. The van der Waals surface area contributed by atoms with Crippen LogP contribution in [-0.4, -0.2) is 11.6 Å². The lowest BCUT2D eigenvalue weighted by Crippen LogP contribution is -2.55. The maximum Gasteiger partial charge on any atom is 0.136 e. The van der Waals surface area contributed by atoms with E-state index in [1.54, 1.807) is 13.8 Å². The van der Waals surface area contributed by atoms with Gasteiger partial charge in [-0.05, 0) is 26.7 Å². The van der Waals surface area contributed by atoms with Crippen molar-refractivity contribution in [1.82, 2.24) is 0 Å². The molecule has 1 aliphatic rings. The van der Waals surface area contributed by atoms with Crippen LogP contribution in [0.3, 0.4) is 0 Å². The molecular weight excluding hydrogens is 152 g/mol. The second-order valence-electron chi connectivity index (χ2n) is 4.28. The summed E-state index contributed by atoms with van der Waals surface area (Å²) in [5, 5.41) is 0. The Hall–Kier alpha value is -0.660. The lowest BCUT2D eigenvalue weighted by molar-refractivity contribution is -0.158. The van der Waals surface area contributed by atoms with Gasteiger partial charge in [0.15, 0.2) is 0 Å². The van der Waals surface area contributed by atoms with Crippen LogP contribution in [0.2, 0.25) is 0 Å². The zero-order chi connectivity index (χ0) is 9.57. The highest BCUT2D eigenvalue weighted by atomic mass is 16.1.